The van der Waals surface area contributed by atoms with Crippen molar-refractivity contribution in [2.24, 2.45) is 0 Å². The van der Waals surface area contributed by atoms with Crippen molar-refractivity contribution in [3.63, 3.8) is 0 Å². The third kappa shape index (κ3) is 5.60. The number of carbonyl (C=O) groups excluding carboxylic acids is 1. The molecule has 0 saturated carbocycles. The van der Waals surface area contributed by atoms with Crippen LogP contribution in [-0.2, 0) is 13.1 Å². The first-order valence-electron chi connectivity index (χ1n) is 9.64. The van der Waals surface area contributed by atoms with Crippen molar-refractivity contribution in [2.75, 3.05) is 32.7 Å². The number of hydrogen-bond acceptors (Lipinski definition) is 6. The van der Waals surface area contributed by atoms with Crippen LogP contribution in [0.3, 0.4) is 0 Å². The number of carbonyl (C=O) groups is 1. The Bertz CT molecular complexity index is 774. The van der Waals surface area contributed by atoms with Crippen LogP contribution >= 0.6 is 0 Å². The van der Waals surface area contributed by atoms with Gasteiger partial charge in [0.2, 0.25) is 5.89 Å². The molecule has 2 aromatic rings. The molecule has 0 radical (unpaired) electrons. The highest BCUT2D eigenvalue weighted by Gasteiger charge is 2.21. The number of aliphatic hydroxyl groups is 1. The second-order valence-electron chi connectivity index (χ2n) is 7.04. The zero-order valence-corrected chi connectivity index (χ0v) is 16.1. The first-order chi connectivity index (χ1) is 13.5. The molecule has 1 aromatic carbocycles. The summed E-state index contributed by atoms with van der Waals surface area (Å²) in [5, 5.41) is 12.4. The summed E-state index contributed by atoms with van der Waals surface area (Å²) >= 11 is 0. The number of hydrogen-bond donors (Lipinski definition) is 2. The minimum atomic E-state index is -0.392. The summed E-state index contributed by atoms with van der Waals surface area (Å²) < 4.78 is 19.0. The molecule has 1 unspecified atom stereocenters. The minimum Gasteiger partial charge on any atom is -0.447 e. The highest BCUT2D eigenvalue weighted by Crippen LogP contribution is 2.11. The van der Waals surface area contributed by atoms with Crippen LogP contribution < -0.4 is 5.32 Å². The molecule has 0 aliphatic carbocycles. The molecule has 152 valence electrons. The Morgan fingerprint density at radius 3 is 2.71 bits per heavy atom. The fourth-order valence-corrected chi connectivity index (χ4v) is 3.14. The molecule has 0 bridgehead atoms. The van der Waals surface area contributed by atoms with Crippen molar-refractivity contribution >= 4 is 5.91 Å². The molecule has 1 saturated heterocycles. The SMILES string of the molecule is CCC(O)CN1CCN(Cc2nc(C(=O)NCc3ccccc3F)co2)CC1. The van der Waals surface area contributed by atoms with Crippen LogP contribution in [0, 0.1) is 5.82 Å². The zero-order valence-electron chi connectivity index (χ0n) is 16.1. The molecular weight excluding hydrogens is 363 g/mol. The number of nitrogens with zero attached hydrogens (tertiary/aromatic N) is 3. The fraction of sp³-hybridized carbons (Fsp3) is 0.500. The Hall–Kier alpha value is -2.29. The molecule has 2 N–H and O–H groups in total. The largest absolute Gasteiger partial charge is 0.447 e. The second-order valence-corrected chi connectivity index (χ2v) is 7.04. The van der Waals surface area contributed by atoms with Gasteiger partial charge >= 0.3 is 0 Å². The van der Waals surface area contributed by atoms with Crippen molar-refractivity contribution in [3.05, 3.63) is 53.5 Å². The van der Waals surface area contributed by atoms with Crippen LogP contribution in [0.4, 0.5) is 4.39 Å². The van der Waals surface area contributed by atoms with E-state index in [4.69, 9.17) is 4.42 Å². The van der Waals surface area contributed by atoms with Gasteiger partial charge in [-0.3, -0.25) is 14.6 Å². The monoisotopic (exact) mass is 390 g/mol. The summed E-state index contributed by atoms with van der Waals surface area (Å²) in [6.45, 7) is 6.79. The fourth-order valence-electron chi connectivity index (χ4n) is 3.14. The van der Waals surface area contributed by atoms with E-state index in [1.54, 1.807) is 18.2 Å². The molecule has 1 fully saturated rings. The Labute approximate surface area is 164 Å². The average Bonchev–Trinajstić information content (AvgIpc) is 3.17. The number of aromatic nitrogens is 1. The van der Waals surface area contributed by atoms with Crippen molar-refractivity contribution < 1.29 is 18.7 Å². The predicted octanol–water partition coefficient (Wildman–Crippen LogP) is 1.63. The first-order valence-corrected chi connectivity index (χ1v) is 9.64. The van der Waals surface area contributed by atoms with Gasteiger partial charge < -0.3 is 14.8 Å². The summed E-state index contributed by atoms with van der Waals surface area (Å²) in [5.74, 6) is -0.260. The summed E-state index contributed by atoms with van der Waals surface area (Å²) in [6, 6.07) is 6.32. The van der Waals surface area contributed by atoms with E-state index in [-0.39, 0.29) is 24.2 Å². The van der Waals surface area contributed by atoms with E-state index in [2.05, 4.69) is 20.1 Å². The first kappa shape index (κ1) is 20.4. The number of nitrogens with one attached hydrogen (secondary N) is 1. The Kier molecular flexibility index (Phi) is 7.13. The van der Waals surface area contributed by atoms with E-state index >= 15 is 0 Å². The van der Waals surface area contributed by atoms with E-state index < -0.39 is 5.91 Å². The molecule has 8 heteroatoms. The number of halogens is 1. The number of aliphatic hydroxyl groups excluding tert-OH is 1. The number of amides is 1. The molecule has 1 aliphatic heterocycles. The third-order valence-electron chi connectivity index (χ3n) is 4.95. The van der Waals surface area contributed by atoms with Crippen LogP contribution in [0.1, 0.15) is 35.3 Å². The maximum atomic E-state index is 13.6. The zero-order chi connectivity index (χ0) is 19.9. The van der Waals surface area contributed by atoms with Crippen LogP contribution in [-0.4, -0.2) is 64.6 Å². The van der Waals surface area contributed by atoms with E-state index in [1.807, 2.05) is 6.92 Å². The third-order valence-corrected chi connectivity index (χ3v) is 4.95. The molecule has 1 atom stereocenters. The molecule has 0 spiro atoms. The van der Waals surface area contributed by atoms with Gasteiger partial charge in [0.25, 0.3) is 5.91 Å². The lowest BCUT2D eigenvalue weighted by Crippen LogP contribution is -2.48. The lowest BCUT2D eigenvalue weighted by atomic mass is 10.2. The van der Waals surface area contributed by atoms with E-state index in [9.17, 15) is 14.3 Å². The quantitative estimate of drug-likeness (QED) is 0.713. The molecule has 28 heavy (non-hydrogen) atoms. The Balaban J connectivity index is 1.45. The summed E-state index contributed by atoms with van der Waals surface area (Å²) in [4.78, 5) is 20.9. The van der Waals surface area contributed by atoms with Crippen LogP contribution in [0.15, 0.2) is 34.9 Å². The van der Waals surface area contributed by atoms with Gasteiger partial charge in [0.1, 0.15) is 12.1 Å². The van der Waals surface area contributed by atoms with Crippen molar-refractivity contribution in [1.82, 2.24) is 20.1 Å². The molecule has 1 aliphatic rings. The predicted molar refractivity (Wildman–Crippen MR) is 102 cm³/mol. The Morgan fingerprint density at radius 1 is 1.29 bits per heavy atom. The van der Waals surface area contributed by atoms with Gasteiger partial charge in [-0.15, -0.1) is 0 Å². The highest BCUT2D eigenvalue weighted by molar-refractivity contribution is 5.91. The molecular formula is C20H27FN4O3. The normalized spacial score (nSPS) is 16.8. The van der Waals surface area contributed by atoms with Crippen LogP contribution in [0.2, 0.25) is 0 Å². The average molecular weight is 390 g/mol. The van der Waals surface area contributed by atoms with Gasteiger partial charge in [0.15, 0.2) is 5.69 Å². The maximum Gasteiger partial charge on any atom is 0.273 e. The lowest BCUT2D eigenvalue weighted by Gasteiger charge is -2.34. The highest BCUT2D eigenvalue weighted by atomic mass is 19.1. The van der Waals surface area contributed by atoms with E-state index in [1.165, 1.54) is 12.3 Å². The van der Waals surface area contributed by atoms with Gasteiger partial charge in [-0.2, -0.15) is 0 Å². The van der Waals surface area contributed by atoms with E-state index in [0.717, 1.165) is 32.6 Å². The van der Waals surface area contributed by atoms with Gasteiger partial charge in [-0.1, -0.05) is 25.1 Å². The Morgan fingerprint density at radius 2 is 2.00 bits per heavy atom. The maximum absolute atomic E-state index is 13.6. The van der Waals surface area contributed by atoms with E-state index in [0.29, 0.717) is 24.5 Å². The standard InChI is InChI=1S/C20H27FN4O3/c1-2-16(26)12-24-7-9-25(10-8-24)13-19-23-18(14-28-19)20(27)22-11-15-5-3-4-6-17(15)21/h3-6,14,16,26H,2,7-13H2,1H3,(H,22,27). The van der Waals surface area contributed by atoms with Crippen molar-refractivity contribution in [3.8, 4) is 0 Å². The van der Waals surface area contributed by atoms with Gasteiger partial charge in [-0.05, 0) is 12.5 Å². The van der Waals surface area contributed by atoms with Crippen LogP contribution in [0.5, 0.6) is 0 Å². The van der Waals surface area contributed by atoms with Crippen LogP contribution in [0.25, 0.3) is 0 Å². The van der Waals surface area contributed by atoms with Crippen molar-refractivity contribution in [1.29, 1.82) is 0 Å². The summed E-state index contributed by atoms with van der Waals surface area (Å²) in [5.41, 5.74) is 0.613. The smallest absolute Gasteiger partial charge is 0.273 e. The number of oxazole rings is 1. The summed E-state index contributed by atoms with van der Waals surface area (Å²) in [6.07, 6.45) is 1.82. The lowest BCUT2D eigenvalue weighted by molar-refractivity contribution is 0.0658. The number of rotatable bonds is 8. The molecule has 7 nitrogen and oxygen atoms in total. The minimum absolute atomic E-state index is 0.0965. The van der Waals surface area contributed by atoms with Gasteiger partial charge in [0.05, 0.1) is 12.6 Å². The van der Waals surface area contributed by atoms with Crippen molar-refractivity contribution in [2.45, 2.75) is 32.5 Å². The molecule has 3 rings (SSSR count). The van der Waals surface area contributed by atoms with Gasteiger partial charge in [-0.25, -0.2) is 9.37 Å². The number of piperazine rings is 1. The summed E-state index contributed by atoms with van der Waals surface area (Å²) in [7, 11) is 0. The number of benzene rings is 1. The molecule has 2 heterocycles. The van der Waals surface area contributed by atoms with Gasteiger partial charge in [0, 0.05) is 44.8 Å². The molecule has 1 amide bonds. The molecule has 1 aromatic heterocycles. The topological polar surface area (TPSA) is 81.8 Å². The second kappa shape index (κ2) is 9.77. The number of β-amino-alcohol motifs (C(OH)–C–C–N with tert-alkyl or cyclic N) is 1.